The van der Waals surface area contributed by atoms with E-state index in [2.05, 4.69) is 69.4 Å². The quantitative estimate of drug-likeness (QED) is 0.0262. The molecule has 0 fully saturated rings. The van der Waals surface area contributed by atoms with E-state index < -0.39 is 6.10 Å². The number of unbranched alkanes of at least 4 members (excludes halogenated alkanes) is 30. The van der Waals surface area contributed by atoms with Crippen LogP contribution in [0, 0.1) is 0 Å². The lowest BCUT2D eigenvalue weighted by atomic mass is 10.0. The molecular weight excluding hydrogens is 781 g/mol. The van der Waals surface area contributed by atoms with Crippen molar-refractivity contribution in [2.75, 3.05) is 13.2 Å². The highest BCUT2D eigenvalue weighted by Gasteiger charge is 2.19. The lowest BCUT2D eigenvalue weighted by Gasteiger charge is -2.18. The SMILES string of the molecule is CCCCC/C=C\C/C=C\C/C=C\C/C=C\CCCCCC(=O)OC[C@@H](COC(=O)CCCCCCCCCCCCCCC)OC(=O)CCCCCCCCCCCCCCC. The molecule has 0 aliphatic heterocycles. The fourth-order valence-electron chi connectivity index (χ4n) is 7.72. The lowest BCUT2D eigenvalue weighted by Crippen LogP contribution is -2.30. The van der Waals surface area contributed by atoms with Crippen molar-refractivity contribution in [2.24, 2.45) is 0 Å². The molecule has 0 aromatic rings. The molecule has 0 bridgehead atoms. The van der Waals surface area contributed by atoms with E-state index in [1.807, 2.05) is 0 Å². The van der Waals surface area contributed by atoms with Crippen molar-refractivity contribution in [2.45, 2.75) is 284 Å². The summed E-state index contributed by atoms with van der Waals surface area (Å²) in [6.07, 6.45) is 62.3. The van der Waals surface area contributed by atoms with Crippen LogP contribution in [0.3, 0.4) is 0 Å². The zero-order chi connectivity index (χ0) is 45.8. The number of esters is 3. The van der Waals surface area contributed by atoms with Gasteiger partial charge in [0.05, 0.1) is 0 Å². The number of hydrogen-bond acceptors (Lipinski definition) is 6. The predicted octanol–water partition coefficient (Wildman–Crippen LogP) is 17.9. The molecule has 0 rings (SSSR count). The van der Waals surface area contributed by atoms with Crippen molar-refractivity contribution in [1.29, 1.82) is 0 Å². The van der Waals surface area contributed by atoms with Gasteiger partial charge in [0.1, 0.15) is 13.2 Å². The number of hydrogen-bond donors (Lipinski definition) is 0. The van der Waals surface area contributed by atoms with Gasteiger partial charge in [-0.05, 0) is 64.2 Å². The van der Waals surface area contributed by atoms with Crippen LogP contribution in [0.1, 0.15) is 278 Å². The number of carbonyl (C=O) groups is 3. The summed E-state index contributed by atoms with van der Waals surface area (Å²) in [7, 11) is 0. The molecule has 6 heteroatoms. The second kappa shape index (κ2) is 52.0. The Bertz CT molecular complexity index is 1110. The van der Waals surface area contributed by atoms with Crippen LogP contribution in [0.4, 0.5) is 0 Å². The summed E-state index contributed by atoms with van der Waals surface area (Å²) < 4.78 is 16.8. The fourth-order valence-corrected chi connectivity index (χ4v) is 7.72. The summed E-state index contributed by atoms with van der Waals surface area (Å²) in [5, 5.41) is 0. The molecule has 0 aromatic carbocycles. The van der Waals surface area contributed by atoms with Crippen molar-refractivity contribution in [3.05, 3.63) is 48.6 Å². The van der Waals surface area contributed by atoms with Crippen LogP contribution in [0.15, 0.2) is 48.6 Å². The standard InChI is InChI=1S/C57H102O6/c1-4-7-10-13-16-19-22-25-26-27-28-29-30-33-35-38-41-44-47-50-56(59)62-53-54(63-57(60)51-48-45-42-39-36-32-24-21-18-15-12-9-6-3)52-61-55(58)49-46-43-40-37-34-31-23-20-17-14-11-8-5-2/h16,19,25-26,28-29,33,35,54H,4-15,17-18,20-24,27,30-32,34,36-53H2,1-3H3/b19-16-,26-25-,29-28-,35-33-/t54-/m1/s1. The number of rotatable bonds is 49. The molecule has 366 valence electrons. The Labute approximate surface area is 390 Å². The van der Waals surface area contributed by atoms with E-state index in [0.29, 0.717) is 19.3 Å². The van der Waals surface area contributed by atoms with E-state index in [0.717, 1.165) is 83.5 Å². The van der Waals surface area contributed by atoms with Gasteiger partial charge in [-0.25, -0.2) is 0 Å². The maximum absolute atomic E-state index is 12.8. The largest absolute Gasteiger partial charge is 0.462 e. The van der Waals surface area contributed by atoms with Crippen molar-refractivity contribution in [3.63, 3.8) is 0 Å². The minimum Gasteiger partial charge on any atom is -0.462 e. The highest BCUT2D eigenvalue weighted by atomic mass is 16.6. The van der Waals surface area contributed by atoms with Crippen molar-refractivity contribution < 1.29 is 28.6 Å². The Hall–Kier alpha value is -2.63. The van der Waals surface area contributed by atoms with Crippen LogP contribution in [0.25, 0.3) is 0 Å². The summed E-state index contributed by atoms with van der Waals surface area (Å²) in [6.45, 7) is 6.60. The molecule has 0 aromatic heterocycles. The normalized spacial score (nSPS) is 12.4. The first kappa shape index (κ1) is 60.4. The van der Waals surface area contributed by atoms with E-state index in [9.17, 15) is 14.4 Å². The van der Waals surface area contributed by atoms with E-state index in [1.165, 1.54) is 154 Å². The van der Waals surface area contributed by atoms with Crippen LogP contribution in [-0.4, -0.2) is 37.2 Å². The third-order valence-electron chi connectivity index (χ3n) is 11.8. The Kier molecular flexibility index (Phi) is 49.8. The Morgan fingerprint density at radius 1 is 0.317 bits per heavy atom. The summed E-state index contributed by atoms with van der Waals surface area (Å²) in [4.78, 5) is 38.0. The lowest BCUT2D eigenvalue weighted by molar-refractivity contribution is -0.167. The first-order valence-corrected chi connectivity index (χ1v) is 27.1. The van der Waals surface area contributed by atoms with Gasteiger partial charge >= 0.3 is 17.9 Å². The number of allylic oxidation sites excluding steroid dienone is 8. The molecular formula is C57H102O6. The van der Waals surface area contributed by atoms with E-state index in [-0.39, 0.29) is 31.1 Å². The van der Waals surface area contributed by atoms with Gasteiger partial charge in [0.15, 0.2) is 6.10 Å². The highest BCUT2D eigenvalue weighted by Crippen LogP contribution is 2.16. The van der Waals surface area contributed by atoms with E-state index in [1.54, 1.807) is 0 Å². The van der Waals surface area contributed by atoms with Gasteiger partial charge in [-0.15, -0.1) is 0 Å². The second-order valence-corrected chi connectivity index (χ2v) is 18.2. The molecule has 0 heterocycles. The summed E-state index contributed by atoms with van der Waals surface area (Å²) >= 11 is 0. The van der Waals surface area contributed by atoms with Gasteiger partial charge in [0, 0.05) is 19.3 Å². The molecule has 1 atom stereocenters. The summed E-state index contributed by atoms with van der Waals surface area (Å²) in [5.41, 5.74) is 0. The maximum Gasteiger partial charge on any atom is 0.306 e. The third-order valence-corrected chi connectivity index (χ3v) is 11.8. The second-order valence-electron chi connectivity index (χ2n) is 18.2. The van der Waals surface area contributed by atoms with Crippen LogP contribution >= 0.6 is 0 Å². The van der Waals surface area contributed by atoms with Crippen molar-refractivity contribution in [3.8, 4) is 0 Å². The van der Waals surface area contributed by atoms with E-state index >= 15 is 0 Å². The van der Waals surface area contributed by atoms with Crippen LogP contribution in [0.2, 0.25) is 0 Å². The summed E-state index contributed by atoms with van der Waals surface area (Å²) in [6, 6.07) is 0. The first-order valence-electron chi connectivity index (χ1n) is 27.1. The molecule has 0 saturated carbocycles. The molecule has 0 spiro atoms. The van der Waals surface area contributed by atoms with Crippen molar-refractivity contribution >= 4 is 17.9 Å². The van der Waals surface area contributed by atoms with Crippen LogP contribution in [0.5, 0.6) is 0 Å². The molecule has 0 aliphatic carbocycles. The molecule has 6 nitrogen and oxygen atoms in total. The summed E-state index contributed by atoms with van der Waals surface area (Å²) in [5.74, 6) is -0.900. The van der Waals surface area contributed by atoms with Gasteiger partial charge in [0.25, 0.3) is 0 Å². The topological polar surface area (TPSA) is 78.9 Å². The third kappa shape index (κ3) is 50.2. The number of ether oxygens (including phenoxy) is 3. The zero-order valence-electron chi connectivity index (χ0n) is 41.8. The molecule has 0 amide bonds. The highest BCUT2D eigenvalue weighted by molar-refractivity contribution is 5.71. The van der Waals surface area contributed by atoms with Crippen LogP contribution < -0.4 is 0 Å². The zero-order valence-corrected chi connectivity index (χ0v) is 41.8. The Morgan fingerprint density at radius 3 is 0.921 bits per heavy atom. The predicted molar refractivity (Wildman–Crippen MR) is 270 cm³/mol. The van der Waals surface area contributed by atoms with Gasteiger partial charge in [-0.3, -0.25) is 14.4 Å². The molecule has 63 heavy (non-hydrogen) atoms. The minimum atomic E-state index is -0.781. The maximum atomic E-state index is 12.8. The van der Waals surface area contributed by atoms with Crippen LogP contribution in [-0.2, 0) is 28.6 Å². The van der Waals surface area contributed by atoms with Gasteiger partial charge in [-0.2, -0.15) is 0 Å². The van der Waals surface area contributed by atoms with Gasteiger partial charge in [0.2, 0.25) is 0 Å². The Morgan fingerprint density at radius 2 is 0.571 bits per heavy atom. The number of carbonyl (C=O) groups excluding carboxylic acids is 3. The average Bonchev–Trinajstić information content (AvgIpc) is 3.28. The smallest absolute Gasteiger partial charge is 0.306 e. The average molecular weight is 883 g/mol. The molecule has 0 radical (unpaired) electrons. The van der Waals surface area contributed by atoms with E-state index in [4.69, 9.17) is 14.2 Å². The monoisotopic (exact) mass is 883 g/mol. The molecule has 0 unspecified atom stereocenters. The first-order chi connectivity index (χ1) is 31.0. The molecule has 0 N–H and O–H groups in total. The minimum absolute atomic E-state index is 0.0794. The Balaban J connectivity index is 4.39. The molecule has 0 aliphatic rings. The van der Waals surface area contributed by atoms with Crippen molar-refractivity contribution in [1.82, 2.24) is 0 Å². The van der Waals surface area contributed by atoms with Gasteiger partial charge < -0.3 is 14.2 Å². The molecule has 0 saturated heterocycles. The van der Waals surface area contributed by atoms with Gasteiger partial charge in [-0.1, -0.05) is 243 Å². The fraction of sp³-hybridized carbons (Fsp3) is 0.807.